The number of carbonyl (C=O) groups is 1. The summed E-state index contributed by atoms with van der Waals surface area (Å²) in [5, 5.41) is 12.3. The first-order chi connectivity index (χ1) is 13.2. The number of fused-ring (bicyclic) bond motifs is 1. The van der Waals surface area contributed by atoms with Crippen LogP contribution in [0.5, 0.6) is 5.75 Å². The number of aromatic nitrogens is 2. The number of imidazole rings is 1. The van der Waals surface area contributed by atoms with Gasteiger partial charge < -0.3 is 15.0 Å². The van der Waals surface area contributed by atoms with Gasteiger partial charge in [-0.2, -0.15) is 0 Å². The van der Waals surface area contributed by atoms with Gasteiger partial charge in [0.15, 0.2) is 0 Å². The zero-order valence-electron chi connectivity index (χ0n) is 15.1. The van der Waals surface area contributed by atoms with E-state index in [4.69, 9.17) is 4.98 Å². The Balaban J connectivity index is 1.34. The van der Waals surface area contributed by atoms with E-state index < -0.39 is 0 Å². The van der Waals surface area contributed by atoms with Crippen molar-refractivity contribution in [1.29, 1.82) is 0 Å². The van der Waals surface area contributed by atoms with Crippen LogP contribution in [0.15, 0.2) is 60.8 Å². The molecule has 1 aliphatic rings. The lowest BCUT2D eigenvalue weighted by Gasteiger charge is -2.23. The lowest BCUT2D eigenvalue weighted by molar-refractivity contribution is 0.0944. The van der Waals surface area contributed by atoms with Gasteiger partial charge >= 0.3 is 0 Å². The summed E-state index contributed by atoms with van der Waals surface area (Å²) in [7, 11) is 0. The zero-order valence-corrected chi connectivity index (χ0v) is 15.1. The Morgan fingerprint density at radius 2 is 1.93 bits per heavy atom. The van der Waals surface area contributed by atoms with Crippen LogP contribution in [0, 0.1) is 5.92 Å². The summed E-state index contributed by atoms with van der Waals surface area (Å²) in [6, 6.07) is 16.7. The lowest BCUT2D eigenvalue weighted by Crippen LogP contribution is -2.33. The van der Waals surface area contributed by atoms with Crippen LogP contribution < -0.4 is 5.32 Å². The maximum atomic E-state index is 12.2. The molecular weight excluding hydrogens is 338 g/mol. The maximum absolute atomic E-state index is 12.2. The first-order valence-corrected chi connectivity index (χ1v) is 9.33. The molecule has 2 heterocycles. The molecule has 3 aromatic rings. The summed E-state index contributed by atoms with van der Waals surface area (Å²) in [6.07, 6.45) is 4.92. The van der Waals surface area contributed by atoms with Crippen molar-refractivity contribution in [3.63, 3.8) is 0 Å². The first-order valence-electron chi connectivity index (χ1n) is 9.33. The molecule has 1 aromatic heterocycles. The van der Waals surface area contributed by atoms with Gasteiger partial charge in [-0.05, 0) is 42.2 Å². The number of benzene rings is 2. The molecule has 1 amide bonds. The fraction of sp³-hybridized carbons (Fsp3) is 0.273. The standard InChI is InChI=1S/C22H23N3O2/c26-20-8-6-18(7-9-20)22(27)23-14-17-10-11-25-15-19(24-21(25)13-17)12-16-4-2-1-3-5-16/h1-9,15,17,26H,10-14H2,(H,23,27). The van der Waals surface area contributed by atoms with E-state index >= 15 is 0 Å². The van der Waals surface area contributed by atoms with E-state index in [-0.39, 0.29) is 11.7 Å². The SMILES string of the molecule is O=C(NCC1CCn2cc(Cc3ccccc3)nc2C1)c1ccc(O)cc1. The highest BCUT2D eigenvalue weighted by atomic mass is 16.3. The van der Waals surface area contributed by atoms with E-state index in [1.807, 2.05) is 6.07 Å². The highest BCUT2D eigenvalue weighted by Gasteiger charge is 2.21. The Morgan fingerprint density at radius 3 is 2.70 bits per heavy atom. The molecule has 0 saturated carbocycles. The second kappa shape index (κ2) is 7.66. The van der Waals surface area contributed by atoms with Gasteiger partial charge in [0.2, 0.25) is 0 Å². The van der Waals surface area contributed by atoms with E-state index in [2.05, 4.69) is 40.3 Å². The van der Waals surface area contributed by atoms with Crippen molar-refractivity contribution < 1.29 is 9.90 Å². The van der Waals surface area contributed by atoms with Crippen molar-refractivity contribution in [2.45, 2.75) is 25.8 Å². The van der Waals surface area contributed by atoms with Crippen LogP contribution in [0.1, 0.15) is 33.9 Å². The lowest BCUT2D eigenvalue weighted by atomic mass is 9.97. The van der Waals surface area contributed by atoms with E-state index in [0.717, 1.165) is 37.3 Å². The number of aromatic hydroxyl groups is 1. The Labute approximate surface area is 158 Å². The Bertz CT molecular complexity index is 916. The molecule has 0 radical (unpaired) electrons. The minimum absolute atomic E-state index is 0.103. The molecule has 1 atom stereocenters. The molecule has 5 nitrogen and oxygen atoms in total. The highest BCUT2D eigenvalue weighted by Crippen LogP contribution is 2.21. The fourth-order valence-corrected chi connectivity index (χ4v) is 3.57. The van der Waals surface area contributed by atoms with Gasteiger partial charge in [-0.15, -0.1) is 0 Å². The van der Waals surface area contributed by atoms with Gasteiger partial charge in [0.25, 0.3) is 5.91 Å². The normalized spacial score (nSPS) is 15.9. The van der Waals surface area contributed by atoms with Gasteiger partial charge in [-0.1, -0.05) is 30.3 Å². The zero-order chi connectivity index (χ0) is 18.6. The summed E-state index contributed by atoms with van der Waals surface area (Å²) < 4.78 is 2.25. The number of rotatable bonds is 5. The monoisotopic (exact) mass is 361 g/mol. The molecule has 0 aliphatic carbocycles. The summed E-state index contributed by atoms with van der Waals surface area (Å²) in [4.78, 5) is 17.1. The molecule has 138 valence electrons. The van der Waals surface area contributed by atoms with E-state index in [1.165, 1.54) is 17.7 Å². The van der Waals surface area contributed by atoms with Gasteiger partial charge in [-0.25, -0.2) is 4.98 Å². The number of carbonyl (C=O) groups excluding carboxylic acids is 1. The molecule has 0 fully saturated rings. The average Bonchev–Trinajstić information content (AvgIpc) is 3.09. The predicted octanol–water partition coefficient (Wildman–Crippen LogP) is 3.17. The van der Waals surface area contributed by atoms with Gasteiger partial charge in [0.1, 0.15) is 11.6 Å². The summed E-state index contributed by atoms with van der Waals surface area (Å²) >= 11 is 0. The minimum atomic E-state index is -0.103. The van der Waals surface area contributed by atoms with Crippen LogP contribution in [0.4, 0.5) is 0 Å². The van der Waals surface area contributed by atoms with Crippen molar-refractivity contribution in [2.24, 2.45) is 5.92 Å². The Morgan fingerprint density at radius 1 is 1.15 bits per heavy atom. The topological polar surface area (TPSA) is 67.2 Å². The predicted molar refractivity (Wildman–Crippen MR) is 104 cm³/mol. The third-order valence-electron chi connectivity index (χ3n) is 5.07. The van der Waals surface area contributed by atoms with Gasteiger partial charge in [0, 0.05) is 37.7 Å². The number of phenolic OH excluding ortho intramolecular Hbond substituents is 1. The van der Waals surface area contributed by atoms with Gasteiger partial charge in [0.05, 0.1) is 5.69 Å². The third-order valence-corrected chi connectivity index (χ3v) is 5.07. The molecule has 5 heteroatoms. The molecule has 0 saturated heterocycles. The smallest absolute Gasteiger partial charge is 0.251 e. The van der Waals surface area contributed by atoms with Crippen molar-refractivity contribution in [1.82, 2.24) is 14.9 Å². The Kier molecular flexibility index (Phi) is 4.92. The molecular formula is C22H23N3O2. The van der Waals surface area contributed by atoms with Crippen LogP contribution in [0.25, 0.3) is 0 Å². The average molecular weight is 361 g/mol. The number of hydrogen-bond donors (Lipinski definition) is 2. The van der Waals surface area contributed by atoms with E-state index in [9.17, 15) is 9.90 Å². The quantitative estimate of drug-likeness (QED) is 0.733. The number of nitrogens with zero attached hydrogens (tertiary/aromatic N) is 2. The molecule has 2 N–H and O–H groups in total. The summed E-state index contributed by atoms with van der Waals surface area (Å²) in [5.41, 5.74) is 2.94. The van der Waals surface area contributed by atoms with E-state index in [0.29, 0.717) is 18.0 Å². The maximum Gasteiger partial charge on any atom is 0.251 e. The number of nitrogens with one attached hydrogen (secondary N) is 1. The first kappa shape index (κ1) is 17.3. The van der Waals surface area contributed by atoms with Gasteiger partial charge in [-0.3, -0.25) is 4.79 Å². The highest BCUT2D eigenvalue weighted by molar-refractivity contribution is 5.94. The van der Waals surface area contributed by atoms with Crippen LogP contribution in [0.2, 0.25) is 0 Å². The fourth-order valence-electron chi connectivity index (χ4n) is 3.57. The molecule has 0 bridgehead atoms. The van der Waals surface area contributed by atoms with Crippen molar-refractivity contribution in [3.8, 4) is 5.75 Å². The van der Waals surface area contributed by atoms with E-state index in [1.54, 1.807) is 12.1 Å². The van der Waals surface area contributed by atoms with Crippen LogP contribution in [-0.4, -0.2) is 27.1 Å². The molecule has 4 rings (SSSR count). The number of phenols is 1. The molecule has 0 spiro atoms. The van der Waals surface area contributed by atoms with Crippen LogP contribution in [-0.2, 0) is 19.4 Å². The molecule has 1 unspecified atom stereocenters. The number of amides is 1. The van der Waals surface area contributed by atoms with Crippen LogP contribution >= 0.6 is 0 Å². The molecule has 1 aliphatic heterocycles. The molecule has 27 heavy (non-hydrogen) atoms. The third kappa shape index (κ3) is 4.19. The minimum Gasteiger partial charge on any atom is -0.508 e. The van der Waals surface area contributed by atoms with Crippen molar-refractivity contribution >= 4 is 5.91 Å². The summed E-state index contributed by atoms with van der Waals surface area (Å²) in [5.74, 6) is 1.56. The summed E-state index contributed by atoms with van der Waals surface area (Å²) in [6.45, 7) is 1.58. The number of hydrogen-bond acceptors (Lipinski definition) is 3. The molecule has 2 aromatic carbocycles. The Hall–Kier alpha value is -3.08. The van der Waals surface area contributed by atoms with Crippen molar-refractivity contribution in [2.75, 3.05) is 6.54 Å². The van der Waals surface area contributed by atoms with Crippen molar-refractivity contribution in [3.05, 3.63) is 83.4 Å². The second-order valence-electron chi connectivity index (χ2n) is 7.12. The van der Waals surface area contributed by atoms with Crippen LogP contribution in [0.3, 0.4) is 0 Å². The largest absolute Gasteiger partial charge is 0.508 e. The number of aryl methyl sites for hydroxylation is 1. The second-order valence-corrected chi connectivity index (χ2v) is 7.12.